The normalized spacial score (nSPS) is 16.4. The molecule has 2 aliphatic heterocycles. The average Bonchev–Trinajstić information content (AvgIpc) is 3.49. The minimum absolute atomic E-state index is 0.342. The molecule has 2 rings (SSSR count). The van der Waals surface area contributed by atoms with Gasteiger partial charge >= 0.3 is 0 Å². The topological polar surface area (TPSA) is 47.1 Å². The summed E-state index contributed by atoms with van der Waals surface area (Å²) in [5.74, 6) is 0.684. The summed E-state index contributed by atoms with van der Waals surface area (Å²) in [6.45, 7) is 14.6. The fourth-order valence-electron chi connectivity index (χ4n) is 5.59. The number of amides is 2. The molecular formula is C30H58N4O2. The zero-order valence-electron chi connectivity index (χ0n) is 24.0. The lowest BCUT2D eigenvalue weighted by Crippen LogP contribution is -2.43. The Hall–Kier alpha value is -1.14. The number of hydrogen-bond acceptors (Lipinski definition) is 4. The van der Waals surface area contributed by atoms with Crippen molar-refractivity contribution >= 4 is 11.8 Å². The van der Waals surface area contributed by atoms with E-state index >= 15 is 0 Å². The molecule has 0 radical (unpaired) electrons. The first kappa shape index (κ1) is 31.1. The number of likely N-dealkylation sites (tertiary alicyclic amines) is 2. The van der Waals surface area contributed by atoms with Gasteiger partial charge in [0.25, 0.3) is 0 Å². The molecule has 0 aromatic heterocycles. The highest BCUT2D eigenvalue weighted by molar-refractivity contribution is 5.78. The summed E-state index contributed by atoms with van der Waals surface area (Å²) in [6.07, 6.45) is 19.4. The monoisotopic (exact) mass is 506 g/mol. The van der Waals surface area contributed by atoms with Crippen molar-refractivity contribution in [1.29, 1.82) is 0 Å². The molecule has 6 nitrogen and oxygen atoms in total. The molecule has 210 valence electrons. The van der Waals surface area contributed by atoms with Crippen molar-refractivity contribution in [2.75, 3.05) is 65.4 Å². The van der Waals surface area contributed by atoms with Crippen LogP contribution >= 0.6 is 0 Å². The minimum Gasteiger partial charge on any atom is -0.341 e. The highest BCUT2D eigenvalue weighted by Crippen LogP contribution is 2.12. The summed E-state index contributed by atoms with van der Waals surface area (Å²) in [5, 5.41) is 0. The zero-order chi connectivity index (χ0) is 25.8. The van der Waals surface area contributed by atoms with E-state index in [9.17, 15) is 9.59 Å². The number of carbonyl (C=O) groups excluding carboxylic acids is 2. The number of carbonyl (C=O) groups is 2. The van der Waals surface area contributed by atoms with Crippen molar-refractivity contribution in [1.82, 2.24) is 19.6 Å². The van der Waals surface area contributed by atoms with Gasteiger partial charge in [0.2, 0.25) is 11.8 Å². The van der Waals surface area contributed by atoms with Crippen molar-refractivity contribution in [2.24, 2.45) is 0 Å². The molecular weight excluding hydrogens is 448 g/mol. The lowest BCUT2D eigenvalue weighted by atomic mass is 10.1. The molecule has 2 saturated heterocycles. The van der Waals surface area contributed by atoms with E-state index < -0.39 is 0 Å². The molecule has 0 spiro atoms. The molecule has 0 bridgehead atoms. The molecule has 6 heteroatoms. The molecule has 0 aliphatic carbocycles. The van der Waals surface area contributed by atoms with Gasteiger partial charge < -0.3 is 19.6 Å². The molecule has 2 heterocycles. The maximum absolute atomic E-state index is 12.1. The van der Waals surface area contributed by atoms with E-state index in [1.165, 1.54) is 77.0 Å². The fraction of sp³-hybridized carbons (Fsp3) is 0.933. The maximum Gasteiger partial charge on any atom is 0.222 e. The number of unbranched alkanes of at least 4 members (excludes halogenated alkanes) is 10. The third-order valence-corrected chi connectivity index (χ3v) is 8.10. The Balaban J connectivity index is 1.81. The molecule has 0 unspecified atom stereocenters. The van der Waals surface area contributed by atoms with E-state index in [2.05, 4.69) is 33.4 Å². The Kier molecular flexibility index (Phi) is 17.2. The summed E-state index contributed by atoms with van der Waals surface area (Å²) in [4.78, 5) is 33.6. The number of nitrogens with zero attached hydrogens (tertiary/aromatic N) is 4. The Morgan fingerprint density at radius 1 is 0.528 bits per heavy atom. The highest BCUT2D eigenvalue weighted by Gasteiger charge is 2.22. The highest BCUT2D eigenvalue weighted by atomic mass is 16.2. The van der Waals surface area contributed by atoms with Gasteiger partial charge in [0.05, 0.1) is 0 Å². The van der Waals surface area contributed by atoms with Gasteiger partial charge in [-0.1, -0.05) is 78.1 Å². The van der Waals surface area contributed by atoms with Crippen LogP contribution in [0.5, 0.6) is 0 Å². The molecule has 0 aromatic carbocycles. The molecule has 2 fully saturated rings. The fourth-order valence-corrected chi connectivity index (χ4v) is 5.59. The number of rotatable bonds is 23. The molecule has 0 saturated carbocycles. The zero-order valence-corrected chi connectivity index (χ0v) is 24.0. The Morgan fingerprint density at radius 2 is 0.917 bits per heavy atom. The molecule has 2 aliphatic rings. The first-order valence-corrected chi connectivity index (χ1v) is 15.6. The standard InChI is InChI=1S/C30H58N4O2/c1-3-5-7-9-11-13-19-31(25-27-33-21-15-17-29(33)35)23-24-32(20-14-12-10-8-6-4-2)26-28-34-22-16-18-30(34)36/h3-28H2,1-2H3. The second-order valence-corrected chi connectivity index (χ2v) is 11.2. The first-order chi connectivity index (χ1) is 17.6. The summed E-state index contributed by atoms with van der Waals surface area (Å²) in [6, 6.07) is 0. The van der Waals surface area contributed by atoms with Crippen LogP contribution in [0.3, 0.4) is 0 Å². The average molecular weight is 507 g/mol. The molecule has 0 N–H and O–H groups in total. The molecule has 2 amide bonds. The van der Waals surface area contributed by atoms with Crippen LogP contribution in [0.15, 0.2) is 0 Å². The second kappa shape index (κ2) is 19.9. The predicted molar refractivity (Wildman–Crippen MR) is 151 cm³/mol. The summed E-state index contributed by atoms with van der Waals surface area (Å²) < 4.78 is 0. The Labute approximate surface area is 223 Å². The van der Waals surface area contributed by atoms with Crippen molar-refractivity contribution in [3.05, 3.63) is 0 Å². The largest absolute Gasteiger partial charge is 0.341 e. The van der Waals surface area contributed by atoms with Gasteiger partial charge in [0, 0.05) is 65.2 Å². The lowest BCUT2D eigenvalue weighted by Gasteiger charge is -2.30. The predicted octanol–water partition coefficient (Wildman–Crippen LogP) is 5.56. The van der Waals surface area contributed by atoms with E-state index in [0.29, 0.717) is 11.8 Å². The van der Waals surface area contributed by atoms with Crippen LogP contribution < -0.4 is 0 Å². The Bertz CT molecular complexity index is 535. The van der Waals surface area contributed by atoms with Gasteiger partial charge in [-0.05, 0) is 38.8 Å². The van der Waals surface area contributed by atoms with Crippen LogP contribution in [0.1, 0.15) is 117 Å². The molecule has 0 aromatic rings. The molecule has 0 atom stereocenters. The quantitative estimate of drug-likeness (QED) is 0.170. The van der Waals surface area contributed by atoms with Gasteiger partial charge in [-0.15, -0.1) is 0 Å². The minimum atomic E-state index is 0.342. The van der Waals surface area contributed by atoms with Crippen LogP contribution in [0.25, 0.3) is 0 Å². The van der Waals surface area contributed by atoms with Crippen molar-refractivity contribution in [2.45, 2.75) is 117 Å². The van der Waals surface area contributed by atoms with E-state index in [4.69, 9.17) is 0 Å². The summed E-state index contributed by atoms with van der Waals surface area (Å²) in [5.41, 5.74) is 0. The van der Waals surface area contributed by atoms with Gasteiger partial charge in [0.1, 0.15) is 0 Å². The van der Waals surface area contributed by atoms with Crippen LogP contribution in [-0.4, -0.2) is 96.9 Å². The second-order valence-electron chi connectivity index (χ2n) is 11.2. The van der Waals surface area contributed by atoms with Crippen LogP contribution in [0.4, 0.5) is 0 Å². The third-order valence-electron chi connectivity index (χ3n) is 8.10. The summed E-state index contributed by atoms with van der Waals surface area (Å²) in [7, 11) is 0. The molecule has 36 heavy (non-hydrogen) atoms. The van der Waals surface area contributed by atoms with Crippen LogP contribution in [-0.2, 0) is 9.59 Å². The lowest BCUT2D eigenvalue weighted by molar-refractivity contribution is -0.128. The van der Waals surface area contributed by atoms with Gasteiger partial charge in [-0.2, -0.15) is 0 Å². The number of hydrogen-bond donors (Lipinski definition) is 0. The van der Waals surface area contributed by atoms with Crippen molar-refractivity contribution < 1.29 is 9.59 Å². The van der Waals surface area contributed by atoms with Crippen LogP contribution in [0, 0.1) is 0 Å². The van der Waals surface area contributed by atoms with E-state index in [0.717, 1.165) is 91.1 Å². The maximum atomic E-state index is 12.1. The van der Waals surface area contributed by atoms with Gasteiger partial charge in [-0.3, -0.25) is 9.59 Å². The third kappa shape index (κ3) is 13.4. The van der Waals surface area contributed by atoms with Gasteiger partial charge in [0.15, 0.2) is 0 Å². The van der Waals surface area contributed by atoms with E-state index in [1.807, 2.05) is 0 Å². The first-order valence-electron chi connectivity index (χ1n) is 15.6. The Morgan fingerprint density at radius 3 is 1.28 bits per heavy atom. The van der Waals surface area contributed by atoms with Crippen molar-refractivity contribution in [3.8, 4) is 0 Å². The van der Waals surface area contributed by atoms with E-state index in [-0.39, 0.29) is 0 Å². The van der Waals surface area contributed by atoms with Crippen LogP contribution in [0.2, 0.25) is 0 Å². The smallest absolute Gasteiger partial charge is 0.222 e. The SMILES string of the molecule is CCCCCCCCN(CCN(CCCCCCCC)CCN1CCCC1=O)CCN1CCCC1=O. The van der Waals surface area contributed by atoms with Crippen molar-refractivity contribution in [3.63, 3.8) is 0 Å². The van der Waals surface area contributed by atoms with Gasteiger partial charge in [-0.25, -0.2) is 0 Å². The summed E-state index contributed by atoms with van der Waals surface area (Å²) >= 11 is 0. The van der Waals surface area contributed by atoms with E-state index in [1.54, 1.807) is 0 Å².